The third-order valence-electron chi connectivity index (χ3n) is 1.87. The molecule has 15 heavy (non-hydrogen) atoms. The molecule has 0 atom stereocenters. The third kappa shape index (κ3) is 1.89. The van der Waals surface area contributed by atoms with Gasteiger partial charge in [-0.1, -0.05) is 11.6 Å². The second kappa shape index (κ2) is 4.23. The summed E-state index contributed by atoms with van der Waals surface area (Å²) >= 11 is 5.93. The van der Waals surface area contributed by atoms with Crippen molar-refractivity contribution in [2.45, 2.75) is 0 Å². The van der Waals surface area contributed by atoms with Gasteiger partial charge in [-0.05, 0) is 12.1 Å². The number of hydrogen-bond acceptors (Lipinski definition) is 4. The Kier molecular flexibility index (Phi) is 2.78. The molecule has 2 rings (SSSR count). The fraction of sp³-hybridized carbons (Fsp3) is 0.100. The molecule has 0 fully saturated rings. The van der Waals surface area contributed by atoms with Crippen LogP contribution in [0.3, 0.4) is 0 Å². The lowest BCUT2D eigenvalue weighted by Crippen LogP contribution is -1.93. The van der Waals surface area contributed by atoms with E-state index in [4.69, 9.17) is 16.3 Å². The first kappa shape index (κ1) is 9.86. The summed E-state index contributed by atoms with van der Waals surface area (Å²) in [6.45, 7) is 0. The molecule has 76 valence electrons. The second-order valence-corrected chi connectivity index (χ2v) is 3.11. The van der Waals surface area contributed by atoms with E-state index < -0.39 is 0 Å². The van der Waals surface area contributed by atoms with Gasteiger partial charge < -0.3 is 4.74 Å². The van der Waals surface area contributed by atoms with Crippen molar-refractivity contribution in [3.8, 4) is 17.1 Å². The number of methoxy groups -OCH3 is 1. The van der Waals surface area contributed by atoms with Gasteiger partial charge in [0, 0.05) is 18.6 Å². The van der Waals surface area contributed by atoms with Crippen LogP contribution in [0.4, 0.5) is 0 Å². The molecule has 5 heteroatoms. The van der Waals surface area contributed by atoms with Crippen molar-refractivity contribution in [3.05, 3.63) is 35.9 Å². The number of aromatic nitrogens is 3. The molecule has 0 aromatic carbocycles. The molecule has 2 heterocycles. The highest BCUT2D eigenvalue weighted by Crippen LogP contribution is 2.29. The number of halogens is 1. The van der Waals surface area contributed by atoms with Gasteiger partial charge in [0.25, 0.3) is 0 Å². The number of ether oxygens (including phenoxy) is 1. The zero-order valence-corrected chi connectivity index (χ0v) is 8.77. The first-order valence-electron chi connectivity index (χ1n) is 4.29. The van der Waals surface area contributed by atoms with Crippen molar-refractivity contribution in [1.29, 1.82) is 0 Å². The number of hydrogen-bond donors (Lipinski definition) is 0. The zero-order valence-electron chi connectivity index (χ0n) is 8.01. The standard InChI is InChI=1S/C10H8ClN3O/c1-15-10-7(3-2-4-14-10)8-9(11)13-6-5-12-8/h2-6H,1H3. The molecule has 0 N–H and O–H groups in total. The molecule has 2 aromatic rings. The molecular weight excluding hydrogens is 214 g/mol. The predicted molar refractivity (Wildman–Crippen MR) is 56.8 cm³/mol. The fourth-order valence-corrected chi connectivity index (χ4v) is 1.44. The quantitative estimate of drug-likeness (QED) is 0.780. The molecule has 2 aromatic heterocycles. The first-order valence-corrected chi connectivity index (χ1v) is 4.66. The van der Waals surface area contributed by atoms with E-state index in [-0.39, 0.29) is 0 Å². The van der Waals surface area contributed by atoms with Crippen molar-refractivity contribution >= 4 is 11.6 Å². The number of nitrogens with zero attached hydrogens (tertiary/aromatic N) is 3. The van der Waals surface area contributed by atoms with E-state index in [0.29, 0.717) is 16.7 Å². The average molecular weight is 222 g/mol. The largest absolute Gasteiger partial charge is 0.481 e. The summed E-state index contributed by atoms with van der Waals surface area (Å²) in [5.41, 5.74) is 1.31. The maximum atomic E-state index is 5.93. The summed E-state index contributed by atoms with van der Waals surface area (Å²) in [7, 11) is 1.55. The molecule has 0 amide bonds. The van der Waals surface area contributed by atoms with Crippen molar-refractivity contribution in [2.24, 2.45) is 0 Å². The van der Waals surface area contributed by atoms with E-state index in [1.807, 2.05) is 6.07 Å². The van der Waals surface area contributed by atoms with Crippen LogP contribution in [0.5, 0.6) is 5.88 Å². The van der Waals surface area contributed by atoms with Gasteiger partial charge in [0.05, 0.1) is 12.7 Å². The van der Waals surface area contributed by atoms with Crippen LogP contribution in [0.15, 0.2) is 30.7 Å². The molecule has 0 radical (unpaired) electrons. The van der Waals surface area contributed by atoms with E-state index >= 15 is 0 Å². The Morgan fingerprint density at radius 2 is 1.93 bits per heavy atom. The molecule has 0 aliphatic carbocycles. The summed E-state index contributed by atoms with van der Waals surface area (Å²) in [5.74, 6) is 0.486. The molecule has 4 nitrogen and oxygen atoms in total. The van der Waals surface area contributed by atoms with E-state index in [2.05, 4.69) is 15.0 Å². The highest BCUT2D eigenvalue weighted by atomic mass is 35.5. The highest BCUT2D eigenvalue weighted by Gasteiger charge is 2.11. The molecule has 0 aliphatic heterocycles. The van der Waals surface area contributed by atoms with Crippen molar-refractivity contribution < 1.29 is 4.74 Å². The van der Waals surface area contributed by atoms with E-state index in [1.54, 1.807) is 25.6 Å². The Morgan fingerprint density at radius 3 is 2.67 bits per heavy atom. The van der Waals surface area contributed by atoms with Crippen LogP contribution in [0.2, 0.25) is 5.15 Å². The third-order valence-corrected chi connectivity index (χ3v) is 2.15. The van der Waals surface area contributed by atoms with Gasteiger partial charge >= 0.3 is 0 Å². The zero-order chi connectivity index (χ0) is 10.7. The van der Waals surface area contributed by atoms with Gasteiger partial charge in [0.1, 0.15) is 5.69 Å². The lowest BCUT2D eigenvalue weighted by molar-refractivity contribution is 0.399. The Hall–Kier alpha value is -1.68. The van der Waals surface area contributed by atoms with Crippen molar-refractivity contribution in [3.63, 3.8) is 0 Å². The average Bonchev–Trinajstić information content (AvgIpc) is 2.30. The lowest BCUT2D eigenvalue weighted by atomic mass is 10.2. The first-order chi connectivity index (χ1) is 7.33. The maximum absolute atomic E-state index is 5.93. The minimum atomic E-state index is 0.337. The lowest BCUT2D eigenvalue weighted by Gasteiger charge is -2.06. The summed E-state index contributed by atoms with van der Waals surface area (Å²) in [6, 6.07) is 3.63. The molecule has 0 saturated heterocycles. The van der Waals surface area contributed by atoms with E-state index in [1.165, 1.54) is 6.20 Å². The van der Waals surface area contributed by atoms with Gasteiger partial charge in [-0.25, -0.2) is 9.97 Å². The molecule has 0 spiro atoms. The van der Waals surface area contributed by atoms with Crippen LogP contribution in [0.25, 0.3) is 11.3 Å². The fourth-order valence-electron chi connectivity index (χ4n) is 1.24. The van der Waals surface area contributed by atoms with Gasteiger partial charge in [0.15, 0.2) is 5.15 Å². The predicted octanol–water partition coefficient (Wildman–Crippen LogP) is 2.20. The van der Waals surface area contributed by atoms with Crippen molar-refractivity contribution in [1.82, 2.24) is 15.0 Å². The Morgan fingerprint density at radius 1 is 1.13 bits per heavy atom. The Labute approximate surface area is 91.9 Å². The van der Waals surface area contributed by atoms with Crippen molar-refractivity contribution in [2.75, 3.05) is 7.11 Å². The molecule has 0 saturated carbocycles. The van der Waals surface area contributed by atoms with Gasteiger partial charge in [-0.3, -0.25) is 4.98 Å². The molecule has 0 unspecified atom stereocenters. The Bertz CT molecular complexity index is 476. The molecule has 0 bridgehead atoms. The number of rotatable bonds is 2. The van der Waals surface area contributed by atoms with Gasteiger partial charge in [-0.15, -0.1) is 0 Å². The Balaban J connectivity index is 2.59. The molecular formula is C10H8ClN3O. The monoisotopic (exact) mass is 221 g/mol. The summed E-state index contributed by atoms with van der Waals surface area (Å²) in [6.07, 6.45) is 4.76. The van der Waals surface area contributed by atoms with Crippen LogP contribution in [-0.4, -0.2) is 22.1 Å². The topological polar surface area (TPSA) is 47.9 Å². The van der Waals surface area contributed by atoms with Gasteiger partial charge in [0.2, 0.25) is 5.88 Å². The van der Waals surface area contributed by atoms with E-state index in [9.17, 15) is 0 Å². The van der Waals surface area contributed by atoms with E-state index in [0.717, 1.165) is 5.56 Å². The minimum Gasteiger partial charge on any atom is -0.481 e. The second-order valence-electron chi connectivity index (χ2n) is 2.76. The number of pyridine rings is 1. The van der Waals surface area contributed by atoms with Crippen LogP contribution < -0.4 is 4.74 Å². The highest BCUT2D eigenvalue weighted by molar-refractivity contribution is 6.31. The van der Waals surface area contributed by atoms with Crippen LogP contribution in [-0.2, 0) is 0 Å². The summed E-state index contributed by atoms with van der Waals surface area (Å²) < 4.78 is 5.12. The smallest absolute Gasteiger partial charge is 0.222 e. The van der Waals surface area contributed by atoms with Crippen LogP contribution in [0.1, 0.15) is 0 Å². The van der Waals surface area contributed by atoms with Crippen LogP contribution >= 0.6 is 11.6 Å². The molecule has 0 aliphatic rings. The normalized spacial score (nSPS) is 10.0. The maximum Gasteiger partial charge on any atom is 0.222 e. The van der Waals surface area contributed by atoms with Crippen LogP contribution in [0, 0.1) is 0 Å². The summed E-state index contributed by atoms with van der Waals surface area (Å²) in [5, 5.41) is 0.337. The SMILES string of the molecule is COc1ncccc1-c1nccnc1Cl. The summed E-state index contributed by atoms with van der Waals surface area (Å²) in [4.78, 5) is 12.2. The minimum absolute atomic E-state index is 0.337. The van der Waals surface area contributed by atoms with Gasteiger partial charge in [-0.2, -0.15) is 0 Å².